The van der Waals surface area contributed by atoms with Crippen molar-refractivity contribution in [3.63, 3.8) is 0 Å². The normalized spacial score (nSPS) is 10.0. The number of rotatable bonds is 5. The van der Waals surface area contributed by atoms with E-state index >= 15 is 0 Å². The van der Waals surface area contributed by atoms with Crippen LogP contribution in [-0.4, -0.2) is 26.0 Å². The van der Waals surface area contributed by atoms with Crippen LogP contribution in [0.25, 0.3) is 0 Å². The molecule has 0 heterocycles. The van der Waals surface area contributed by atoms with Crippen LogP contribution in [0.2, 0.25) is 0 Å². The van der Waals surface area contributed by atoms with Gasteiger partial charge in [-0.2, -0.15) is 0 Å². The van der Waals surface area contributed by atoms with Crippen molar-refractivity contribution in [3.8, 4) is 11.5 Å². The molecule has 0 aromatic heterocycles. The maximum Gasteiger partial charge on any atom is 0.255 e. The largest absolute Gasteiger partial charge is 0.497 e. The Morgan fingerprint density at radius 3 is 2.08 bits per heavy atom. The van der Waals surface area contributed by atoms with Crippen molar-refractivity contribution in [2.24, 2.45) is 0 Å². The summed E-state index contributed by atoms with van der Waals surface area (Å²) in [6, 6.07) is 8.36. The number of hydrogen-bond donors (Lipinski definition) is 2. The third-order valence-electron chi connectivity index (χ3n) is 3.15. The molecule has 2 rings (SSSR count). The molecule has 6 nitrogen and oxygen atoms in total. The van der Waals surface area contributed by atoms with Gasteiger partial charge in [0.05, 0.1) is 25.6 Å². The molecule has 0 saturated heterocycles. The molecule has 2 aromatic rings. The lowest BCUT2D eigenvalue weighted by Gasteiger charge is -2.13. The summed E-state index contributed by atoms with van der Waals surface area (Å²) in [7, 11) is 2.94. The fraction of sp³-hybridized carbons (Fsp3) is 0.176. The number of hydrogen-bond acceptors (Lipinski definition) is 4. The molecule has 0 fully saturated rings. The van der Waals surface area contributed by atoms with Gasteiger partial charge in [0.1, 0.15) is 17.3 Å². The number of carbonyl (C=O) groups is 2. The van der Waals surface area contributed by atoms with Gasteiger partial charge in [-0.05, 0) is 30.3 Å². The predicted octanol–water partition coefficient (Wildman–Crippen LogP) is 3.05. The summed E-state index contributed by atoms with van der Waals surface area (Å²) in [6.07, 6.45) is 0. The van der Waals surface area contributed by atoms with Crippen molar-refractivity contribution in [2.75, 3.05) is 24.9 Å². The zero-order valence-electron chi connectivity index (χ0n) is 13.5. The Morgan fingerprint density at radius 2 is 1.54 bits per heavy atom. The third kappa shape index (κ3) is 4.22. The lowest BCUT2D eigenvalue weighted by Crippen LogP contribution is -2.15. The number of nitrogens with one attached hydrogen (secondary N) is 2. The Bertz CT molecular complexity index is 755. The number of halogens is 1. The second-order valence-corrected chi connectivity index (χ2v) is 4.93. The Hall–Kier alpha value is -3.09. The lowest BCUT2D eigenvalue weighted by molar-refractivity contribution is -0.114. The fourth-order valence-corrected chi connectivity index (χ4v) is 2.05. The average Bonchev–Trinajstić information content (AvgIpc) is 2.56. The molecule has 0 unspecified atom stereocenters. The first-order valence-electron chi connectivity index (χ1n) is 7.04. The van der Waals surface area contributed by atoms with Gasteiger partial charge in [-0.3, -0.25) is 9.59 Å². The summed E-state index contributed by atoms with van der Waals surface area (Å²) >= 11 is 0. The van der Waals surface area contributed by atoms with E-state index < -0.39 is 11.7 Å². The molecule has 126 valence electrons. The highest BCUT2D eigenvalue weighted by molar-refractivity contribution is 6.07. The number of carbonyl (C=O) groups excluding carboxylic acids is 2. The first-order chi connectivity index (χ1) is 11.4. The quantitative estimate of drug-likeness (QED) is 0.882. The average molecular weight is 332 g/mol. The predicted molar refractivity (Wildman–Crippen MR) is 88.2 cm³/mol. The van der Waals surface area contributed by atoms with Crippen LogP contribution in [0, 0.1) is 5.82 Å². The van der Waals surface area contributed by atoms with Gasteiger partial charge in [-0.1, -0.05) is 0 Å². The van der Waals surface area contributed by atoms with Crippen LogP contribution < -0.4 is 20.1 Å². The molecular formula is C17H17FN2O4. The highest BCUT2D eigenvalue weighted by atomic mass is 19.1. The maximum absolute atomic E-state index is 13.5. The molecule has 0 radical (unpaired) electrons. The highest BCUT2D eigenvalue weighted by Crippen LogP contribution is 2.26. The molecule has 0 bridgehead atoms. The fourth-order valence-electron chi connectivity index (χ4n) is 2.05. The molecule has 0 saturated carbocycles. The molecule has 0 spiro atoms. The van der Waals surface area contributed by atoms with Gasteiger partial charge in [0, 0.05) is 18.6 Å². The van der Waals surface area contributed by atoms with Gasteiger partial charge >= 0.3 is 0 Å². The number of ether oxygens (including phenoxy) is 2. The zero-order chi connectivity index (χ0) is 17.7. The van der Waals surface area contributed by atoms with E-state index in [1.807, 2.05) is 0 Å². The van der Waals surface area contributed by atoms with Gasteiger partial charge in [-0.15, -0.1) is 0 Å². The Kier molecular flexibility index (Phi) is 5.36. The van der Waals surface area contributed by atoms with Crippen LogP contribution in [0.4, 0.5) is 15.8 Å². The maximum atomic E-state index is 13.5. The van der Waals surface area contributed by atoms with Gasteiger partial charge in [-0.25, -0.2) is 4.39 Å². The van der Waals surface area contributed by atoms with E-state index in [9.17, 15) is 14.0 Å². The molecule has 24 heavy (non-hydrogen) atoms. The molecule has 0 aliphatic heterocycles. The Balaban J connectivity index is 2.32. The summed E-state index contributed by atoms with van der Waals surface area (Å²) < 4.78 is 23.7. The number of methoxy groups -OCH3 is 2. The molecule has 2 N–H and O–H groups in total. The van der Waals surface area contributed by atoms with Gasteiger partial charge in [0.15, 0.2) is 0 Å². The molecule has 2 amide bonds. The number of anilines is 2. The molecule has 0 atom stereocenters. The van der Waals surface area contributed by atoms with E-state index in [1.165, 1.54) is 45.4 Å². The van der Waals surface area contributed by atoms with Crippen LogP contribution in [0.15, 0.2) is 36.4 Å². The standard InChI is InChI=1S/C17H17FN2O4/c1-10(21)19-15-5-4-12(18)8-16(15)20-17(22)11-6-13(23-2)9-14(7-11)24-3/h4-9H,1-3H3,(H,19,21)(H,20,22). The van der Waals surface area contributed by atoms with Crippen LogP contribution in [0.5, 0.6) is 11.5 Å². The SMILES string of the molecule is COc1cc(OC)cc(C(=O)Nc2cc(F)ccc2NC(C)=O)c1. The van der Waals surface area contributed by atoms with Gasteiger partial charge < -0.3 is 20.1 Å². The zero-order valence-corrected chi connectivity index (χ0v) is 13.5. The lowest BCUT2D eigenvalue weighted by atomic mass is 10.1. The number of benzene rings is 2. The summed E-state index contributed by atoms with van der Waals surface area (Å²) in [6.45, 7) is 1.32. The molecule has 0 aliphatic carbocycles. The monoisotopic (exact) mass is 332 g/mol. The number of amides is 2. The van der Waals surface area contributed by atoms with Crippen molar-refractivity contribution in [2.45, 2.75) is 6.92 Å². The van der Waals surface area contributed by atoms with Crippen LogP contribution in [0.1, 0.15) is 17.3 Å². The molecule has 0 aliphatic rings. The van der Waals surface area contributed by atoms with E-state index in [0.717, 1.165) is 6.07 Å². The second-order valence-electron chi connectivity index (χ2n) is 4.93. The second kappa shape index (κ2) is 7.45. The van der Waals surface area contributed by atoms with Crippen LogP contribution in [0.3, 0.4) is 0 Å². The summed E-state index contributed by atoms with van der Waals surface area (Å²) in [5.41, 5.74) is 0.716. The minimum absolute atomic E-state index is 0.150. The van der Waals surface area contributed by atoms with Crippen molar-refractivity contribution in [1.82, 2.24) is 0 Å². The first-order valence-corrected chi connectivity index (χ1v) is 7.04. The summed E-state index contributed by atoms with van der Waals surface area (Å²) in [5, 5.41) is 5.10. The van der Waals surface area contributed by atoms with Gasteiger partial charge in [0.25, 0.3) is 5.91 Å². The van der Waals surface area contributed by atoms with E-state index in [1.54, 1.807) is 6.07 Å². The van der Waals surface area contributed by atoms with Gasteiger partial charge in [0.2, 0.25) is 5.91 Å². The van der Waals surface area contributed by atoms with Crippen molar-refractivity contribution < 1.29 is 23.5 Å². The van der Waals surface area contributed by atoms with E-state index in [-0.39, 0.29) is 17.2 Å². The third-order valence-corrected chi connectivity index (χ3v) is 3.15. The van der Waals surface area contributed by atoms with E-state index in [0.29, 0.717) is 17.2 Å². The van der Waals surface area contributed by atoms with Crippen LogP contribution in [-0.2, 0) is 4.79 Å². The van der Waals surface area contributed by atoms with E-state index in [2.05, 4.69) is 10.6 Å². The molecule has 2 aromatic carbocycles. The molecule has 7 heteroatoms. The summed E-state index contributed by atoms with van der Waals surface area (Å²) in [5.74, 6) is -0.478. The van der Waals surface area contributed by atoms with Crippen molar-refractivity contribution in [3.05, 3.63) is 47.8 Å². The van der Waals surface area contributed by atoms with E-state index in [4.69, 9.17) is 9.47 Å². The minimum atomic E-state index is -0.539. The Morgan fingerprint density at radius 1 is 0.917 bits per heavy atom. The highest BCUT2D eigenvalue weighted by Gasteiger charge is 2.13. The van der Waals surface area contributed by atoms with Crippen molar-refractivity contribution in [1.29, 1.82) is 0 Å². The summed E-state index contributed by atoms with van der Waals surface area (Å²) in [4.78, 5) is 23.7. The minimum Gasteiger partial charge on any atom is -0.497 e. The molecular weight excluding hydrogens is 315 g/mol. The Labute approximate surface area is 138 Å². The first kappa shape index (κ1) is 17.3. The van der Waals surface area contributed by atoms with Crippen molar-refractivity contribution >= 4 is 23.2 Å². The smallest absolute Gasteiger partial charge is 0.255 e. The topological polar surface area (TPSA) is 76.7 Å². The van der Waals surface area contributed by atoms with Crippen LogP contribution >= 0.6 is 0 Å².